The summed E-state index contributed by atoms with van der Waals surface area (Å²) < 4.78 is 7.81. The third kappa shape index (κ3) is 2.48. The second kappa shape index (κ2) is 5.53. The van der Waals surface area contributed by atoms with Crippen molar-refractivity contribution in [2.24, 2.45) is 0 Å². The zero-order chi connectivity index (χ0) is 13.9. The molecule has 0 N–H and O–H groups in total. The smallest absolute Gasteiger partial charge is 0.164 e. The summed E-state index contributed by atoms with van der Waals surface area (Å²) >= 11 is 0. The van der Waals surface area contributed by atoms with Crippen LogP contribution in [-0.2, 0) is 6.54 Å². The largest absolute Gasteiger partial charge is 0.493 e. The molecule has 0 aliphatic carbocycles. The van der Waals surface area contributed by atoms with E-state index in [-0.39, 0.29) is 5.78 Å². The molecular formula is C17H19NO2. The average molecular weight is 269 g/mol. The number of carbonyl (C=O) groups is 1. The van der Waals surface area contributed by atoms with E-state index in [1.165, 1.54) is 5.56 Å². The number of ketones is 1. The zero-order valence-corrected chi connectivity index (χ0v) is 11.7. The van der Waals surface area contributed by atoms with Gasteiger partial charge in [-0.15, -0.1) is 0 Å². The molecule has 1 aromatic carbocycles. The lowest BCUT2D eigenvalue weighted by Gasteiger charge is -2.26. The molecule has 1 atom stereocenters. The van der Waals surface area contributed by atoms with Crippen molar-refractivity contribution >= 4 is 5.78 Å². The molecule has 2 aromatic rings. The minimum atomic E-state index is 0.205. The Morgan fingerprint density at radius 1 is 1.35 bits per heavy atom. The standard InChI is InChI=1S/C17H19NO2/c1-2-16(19)14-7-9-18(12-14)11-13-8-10-20-17-6-4-3-5-15(13)17/h3-7,9,12-13H,2,8,10-11H2,1H3. The fourth-order valence-corrected chi connectivity index (χ4v) is 2.78. The van der Waals surface area contributed by atoms with Crippen LogP contribution in [0.25, 0.3) is 0 Å². The Balaban J connectivity index is 1.79. The number of benzene rings is 1. The Morgan fingerprint density at radius 2 is 2.20 bits per heavy atom. The lowest BCUT2D eigenvalue weighted by Crippen LogP contribution is -2.18. The van der Waals surface area contributed by atoms with Crippen LogP contribution in [0.15, 0.2) is 42.7 Å². The SMILES string of the molecule is CCC(=O)c1ccn(CC2CCOc3ccccc32)c1. The van der Waals surface area contributed by atoms with Gasteiger partial charge in [-0.2, -0.15) is 0 Å². The predicted molar refractivity (Wildman–Crippen MR) is 78.3 cm³/mol. The molecule has 0 bridgehead atoms. The van der Waals surface area contributed by atoms with Gasteiger partial charge in [0.25, 0.3) is 0 Å². The summed E-state index contributed by atoms with van der Waals surface area (Å²) in [5, 5.41) is 0. The summed E-state index contributed by atoms with van der Waals surface area (Å²) in [6, 6.07) is 10.2. The molecular weight excluding hydrogens is 250 g/mol. The van der Waals surface area contributed by atoms with E-state index in [2.05, 4.69) is 16.7 Å². The Kier molecular flexibility index (Phi) is 3.59. The van der Waals surface area contributed by atoms with Crippen molar-refractivity contribution in [3.8, 4) is 5.75 Å². The van der Waals surface area contributed by atoms with E-state index in [0.29, 0.717) is 12.3 Å². The summed E-state index contributed by atoms with van der Waals surface area (Å²) in [7, 11) is 0. The quantitative estimate of drug-likeness (QED) is 0.793. The van der Waals surface area contributed by atoms with Gasteiger partial charge in [-0.1, -0.05) is 25.1 Å². The number of aromatic nitrogens is 1. The molecule has 0 saturated heterocycles. The number of ether oxygens (including phenoxy) is 1. The number of Topliss-reactive ketones (excluding diaryl/α,β-unsaturated/α-hetero) is 1. The molecule has 1 unspecified atom stereocenters. The molecule has 0 radical (unpaired) electrons. The van der Waals surface area contributed by atoms with Crippen LogP contribution in [0, 0.1) is 0 Å². The van der Waals surface area contributed by atoms with Crippen LogP contribution >= 0.6 is 0 Å². The van der Waals surface area contributed by atoms with Gasteiger partial charge in [0.1, 0.15) is 5.75 Å². The Hall–Kier alpha value is -2.03. The molecule has 3 heteroatoms. The van der Waals surface area contributed by atoms with E-state index in [9.17, 15) is 4.79 Å². The number of fused-ring (bicyclic) bond motifs is 1. The van der Waals surface area contributed by atoms with Gasteiger partial charge in [-0.25, -0.2) is 0 Å². The van der Waals surface area contributed by atoms with Crippen LogP contribution in [0.3, 0.4) is 0 Å². The number of para-hydroxylation sites is 1. The maximum atomic E-state index is 11.7. The minimum Gasteiger partial charge on any atom is -0.493 e. The fraction of sp³-hybridized carbons (Fsp3) is 0.353. The molecule has 0 spiro atoms. The molecule has 20 heavy (non-hydrogen) atoms. The van der Waals surface area contributed by atoms with Crippen LogP contribution < -0.4 is 4.74 Å². The van der Waals surface area contributed by atoms with Crippen LogP contribution in [0.4, 0.5) is 0 Å². The second-order valence-corrected chi connectivity index (χ2v) is 5.25. The lowest BCUT2D eigenvalue weighted by atomic mass is 9.93. The first-order valence-electron chi connectivity index (χ1n) is 7.18. The molecule has 0 amide bonds. The van der Waals surface area contributed by atoms with Gasteiger partial charge in [0.2, 0.25) is 0 Å². The summed E-state index contributed by atoms with van der Waals surface area (Å²) in [5.41, 5.74) is 2.09. The number of rotatable bonds is 4. The molecule has 3 nitrogen and oxygen atoms in total. The summed E-state index contributed by atoms with van der Waals surface area (Å²) in [5.74, 6) is 1.66. The summed E-state index contributed by atoms with van der Waals surface area (Å²) in [6.07, 6.45) is 5.54. The van der Waals surface area contributed by atoms with E-state index in [4.69, 9.17) is 4.74 Å². The third-order valence-corrected chi connectivity index (χ3v) is 3.91. The Labute approximate surface area is 119 Å². The molecule has 0 fully saturated rings. The van der Waals surface area contributed by atoms with Crippen molar-refractivity contribution in [2.45, 2.75) is 32.2 Å². The maximum absolute atomic E-state index is 11.7. The van der Waals surface area contributed by atoms with E-state index in [1.54, 1.807) is 0 Å². The average Bonchev–Trinajstić information content (AvgIpc) is 2.95. The van der Waals surface area contributed by atoms with Crippen molar-refractivity contribution in [1.29, 1.82) is 0 Å². The maximum Gasteiger partial charge on any atom is 0.164 e. The highest BCUT2D eigenvalue weighted by Gasteiger charge is 2.21. The Morgan fingerprint density at radius 3 is 3.05 bits per heavy atom. The molecule has 1 aliphatic rings. The van der Waals surface area contributed by atoms with Gasteiger partial charge in [0.05, 0.1) is 6.61 Å². The highest BCUT2D eigenvalue weighted by molar-refractivity contribution is 5.95. The van der Waals surface area contributed by atoms with Crippen LogP contribution in [0.1, 0.15) is 41.6 Å². The van der Waals surface area contributed by atoms with Crippen LogP contribution in [0.2, 0.25) is 0 Å². The molecule has 104 valence electrons. The van der Waals surface area contributed by atoms with E-state index in [1.807, 2.05) is 37.5 Å². The predicted octanol–water partition coefficient (Wildman–Crippen LogP) is 3.65. The summed E-state index contributed by atoms with van der Waals surface area (Å²) in [6.45, 7) is 3.56. The van der Waals surface area contributed by atoms with Crippen LogP contribution in [-0.4, -0.2) is 17.0 Å². The first-order valence-corrected chi connectivity index (χ1v) is 7.18. The molecule has 1 aromatic heterocycles. The lowest BCUT2D eigenvalue weighted by molar-refractivity contribution is 0.0988. The van der Waals surface area contributed by atoms with Gasteiger partial charge in [0, 0.05) is 36.8 Å². The molecule has 1 aliphatic heterocycles. The van der Waals surface area contributed by atoms with Crippen molar-refractivity contribution in [3.63, 3.8) is 0 Å². The molecule has 0 saturated carbocycles. The number of nitrogens with zero attached hydrogens (tertiary/aromatic N) is 1. The van der Waals surface area contributed by atoms with Gasteiger partial charge in [-0.05, 0) is 24.1 Å². The van der Waals surface area contributed by atoms with Gasteiger partial charge in [0.15, 0.2) is 5.78 Å². The first-order chi connectivity index (χ1) is 9.78. The number of carbonyl (C=O) groups excluding carboxylic acids is 1. The fourth-order valence-electron chi connectivity index (χ4n) is 2.78. The van der Waals surface area contributed by atoms with Crippen molar-refractivity contribution in [3.05, 3.63) is 53.9 Å². The normalized spacial score (nSPS) is 17.4. The number of hydrogen-bond acceptors (Lipinski definition) is 2. The van der Waals surface area contributed by atoms with Crippen LogP contribution in [0.5, 0.6) is 5.75 Å². The first kappa shape index (κ1) is 13.0. The topological polar surface area (TPSA) is 31.2 Å². The van der Waals surface area contributed by atoms with Crippen molar-refractivity contribution in [1.82, 2.24) is 4.57 Å². The van der Waals surface area contributed by atoms with Gasteiger partial charge >= 0.3 is 0 Å². The summed E-state index contributed by atoms with van der Waals surface area (Å²) in [4.78, 5) is 11.7. The van der Waals surface area contributed by atoms with E-state index >= 15 is 0 Å². The Bertz CT molecular complexity index is 615. The monoisotopic (exact) mass is 269 g/mol. The van der Waals surface area contributed by atoms with Gasteiger partial charge in [-0.3, -0.25) is 4.79 Å². The van der Waals surface area contributed by atoms with E-state index in [0.717, 1.165) is 30.9 Å². The molecule has 2 heterocycles. The minimum absolute atomic E-state index is 0.205. The van der Waals surface area contributed by atoms with Crippen molar-refractivity contribution in [2.75, 3.05) is 6.61 Å². The number of hydrogen-bond donors (Lipinski definition) is 0. The molecule has 3 rings (SSSR count). The van der Waals surface area contributed by atoms with Gasteiger partial charge < -0.3 is 9.30 Å². The third-order valence-electron chi connectivity index (χ3n) is 3.91. The highest BCUT2D eigenvalue weighted by atomic mass is 16.5. The van der Waals surface area contributed by atoms with Crippen molar-refractivity contribution < 1.29 is 9.53 Å². The second-order valence-electron chi connectivity index (χ2n) is 5.25. The zero-order valence-electron chi connectivity index (χ0n) is 11.7. The highest BCUT2D eigenvalue weighted by Crippen LogP contribution is 2.34. The van der Waals surface area contributed by atoms with E-state index < -0.39 is 0 Å².